The van der Waals surface area contributed by atoms with Crippen LogP contribution < -0.4 is 0 Å². The van der Waals surface area contributed by atoms with E-state index >= 15 is 0 Å². The molecule has 4 heteroatoms. The zero-order valence-corrected chi connectivity index (χ0v) is 27.8. The number of hydrogen-bond acceptors (Lipinski definition) is 0. The fourth-order valence-electron chi connectivity index (χ4n) is 6.34. The van der Waals surface area contributed by atoms with Gasteiger partial charge in [0.05, 0.1) is 0 Å². The summed E-state index contributed by atoms with van der Waals surface area (Å²) in [6.07, 6.45) is 16.3. The van der Waals surface area contributed by atoms with Gasteiger partial charge in [0, 0.05) is 0 Å². The van der Waals surface area contributed by atoms with Gasteiger partial charge in [0.25, 0.3) is 0 Å². The predicted molar refractivity (Wildman–Crippen MR) is 153 cm³/mol. The third-order valence-electron chi connectivity index (χ3n) is 8.27. The number of hydrogen-bond donors (Lipinski definition) is 0. The average molecular weight is 678 g/mol. The van der Waals surface area contributed by atoms with Crippen molar-refractivity contribution in [3.63, 3.8) is 0 Å². The van der Waals surface area contributed by atoms with Crippen molar-refractivity contribution in [3.05, 3.63) is 80.9 Å². The first kappa shape index (κ1) is 26.6. The van der Waals surface area contributed by atoms with Crippen LogP contribution in [0.3, 0.4) is 0 Å². The summed E-state index contributed by atoms with van der Waals surface area (Å²) in [5.74, 6) is 0. The van der Waals surface area contributed by atoms with E-state index < -0.39 is 14.8 Å². The van der Waals surface area contributed by atoms with Crippen molar-refractivity contribution in [1.82, 2.24) is 0 Å². The Hall–Kier alpha value is -0.413. The monoisotopic (exact) mass is 678 g/mol. The van der Waals surface area contributed by atoms with Gasteiger partial charge in [-0.1, -0.05) is 0 Å². The number of aryl methyl sites for hydroxylation is 4. The third-order valence-corrected chi connectivity index (χ3v) is 54.4. The van der Waals surface area contributed by atoms with Crippen molar-refractivity contribution >= 4 is 35.5 Å². The molecule has 0 N–H and O–H groups in total. The Bertz CT molecular complexity index is 1130. The zero-order chi connectivity index (χ0) is 24.5. The molecule has 0 saturated carbocycles. The minimum atomic E-state index is -4.59. The molecule has 2 aromatic rings. The summed E-state index contributed by atoms with van der Waals surface area (Å²) in [5.41, 5.74) is 11.6. The molecule has 2 atom stereocenters. The second kappa shape index (κ2) is 10.5. The summed E-state index contributed by atoms with van der Waals surface area (Å²) in [6, 6.07) is 10.6. The van der Waals surface area contributed by atoms with Crippen molar-refractivity contribution in [2.24, 2.45) is 0 Å². The van der Waals surface area contributed by atoms with Crippen LogP contribution in [0.1, 0.15) is 99.3 Å². The molecule has 0 nitrogen and oxygen atoms in total. The first-order valence-corrected chi connectivity index (χ1v) is 34.1. The molecule has 2 aromatic carbocycles. The molecular weight excluding hydrogens is 638 g/mol. The van der Waals surface area contributed by atoms with E-state index in [1.807, 2.05) is 0 Å². The van der Waals surface area contributed by atoms with E-state index in [4.69, 9.17) is 17.2 Å². The van der Waals surface area contributed by atoms with E-state index in [2.05, 4.69) is 83.2 Å². The maximum atomic E-state index is 8.27. The fourth-order valence-corrected chi connectivity index (χ4v) is 48.6. The van der Waals surface area contributed by atoms with Crippen LogP contribution in [0.15, 0.2) is 36.4 Å². The van der Waals surface area contributed by atoms with Gasteiger partial charge in [-0.3, -0.25) is 0 Å². The number of benzene rings is 2. The van der Waals surface area contributed by atoms with Gasteiger partial charge in [-0.15, -0.1) is 0 Å². The molecule has 2 aliphatic carbocycles. The molecule has 0 heterocycles. The van der Waals surface area contributed by atoms with Crippen molar-refractivity contribution in [2.75, 3.05) is 0 Å². The van der Waals surface area contributed by atoms with Gasteiger partial charge < -0.3 is 0 Å². The molecule has 2 unspecified atom stereocenters. The molecule has 0 bridgehead atoms. The van der Waals surface area contributed by atoms with E-state index in [0.717, 1.165) is 25.7 Å². The van der Waals surface area contributed by atoms with Crippen molar-refractivity contribution in [3.8, 4) is 0 Å². The molecule has 182 valence electrons. The van der Waals surface area contributed by atoms with E-state index in [1.165, 1.54) is 63.4 Å². The van der Waals surface area contributed by atoms with Crippen LogP contribution in [0.5, 0.6) is 0 Å². The van der Waals surface area contributed by atoms with Gasteiger partial charge in [-0.25, -0.2) is 0 Å². The molecule has 4 rings (SSSR count). The van der Waals surface area contributed by atoms with Crippen LogP contribution >= 0.6 is 17.2 Å². The molecule has 0 radical (unpaired) electrons. The summed E-state index contributed by atoms with van der Waals surface area (Å²) in [7, 11) is 16.5. The number of rotatable bonds is 9. The Labute approximate surface area is 216 Å². The predicted octanol–water partition coefficient (Wildman–Crippen LogP) is 9.34. The van der Waals surface area contributed by atoms with E-state index in [-0.39, 0.29) is 13.6 Å². The van der Waals surface area contributed by atoms with Crippen LogP contribution in [0, 0.1) is 0 Å². The molecule has 0 aromatic heterocycles. The van der Waals surface area contributed by atoms with E-state index in [1.54, 1.807) is 0 Å². The standard InChI is InChI=1S/2C13H15.C4H10Si.2ClH.Hf/c2*1-3-10-8-9-11(4-2)13-7-5-6-12(10)13;1-2-3-4-5;;;/h2*5-9H,3-4H2,1-2H3;5H,2-4H2,1H3;2*1H;/q;;;;;+2/p-2. The van der Waals surface area contributed by atoms with Crippen LogP contribution in [0.4, 0.5) is 0 Å². The molecule has 2 aliphatic rings. The molecule has 0 fully saturated rings. The van der Waals surface area contributed by atoms with Crippen LogP contribution in [0.25, 0.3) is 12.2 Å². The molecule has 0 saturated heterocycles. The molecular formula is C30H40Cl2HfSi. The first-order chi connectivity index (χ1) is 16.3. The zero-order valence-electron chi connectivity index (χ0n) is 21.6. The van der Waals surface area contributed by atoms with Crippen LogP contribution in [-0.2, 0) is 40.4 Å². The Morgan fingerprint density at radius 1 is 0.676 bits per heavy atom. The van der Waals surface area contributed by atoms with Gasteiger partial charge >= 0.3 is 218 Å². The Kier molecular flexibility index (Phi) is 8.25. The van der Waals surface area contributed by atoms with Gasteiger partial charge in [0.1, 0.15) is 0 Å². The number of unbranched alkanes of at least 4 members (excludes halogenated alkanes) is 1. The number of fused-ring (bicyclic) bond motifs is 2. The molecule has 0 aliphatic heterocycles. The van der Waals surface area contributed by atoms with Gasteiger partial charge in [-0.2, -0.15) is 0 Å². The fraction of sp³-hybridized carbons (Fsp3) is 0.467. The quantitative estimate of drug-likeness (QED) is 0.183. The van der Waals surface area contributed by atoms with E-state index in [9.17, 15) is 0 Å². The SMILES string of the molecule is CCCC[SiH]=[Hf]([Cl])([Cl])([CH]1C=Cc2c(CC)ccc(CC)c21)[CH]1C=Cc2c(CC)ccc(CC)c21. The van der Waals surface area contributed by atoms with Gasteiger partial charge in [-0.05, 0) is 0 Å². The van der Waals surface area contributed by atoms with E-state index in [0.29, 0.717) is 0 Å². The Morgan fingerprint density at radius 2 is 1.09 bits per heavy atom. The van der Waals surface area contributed by atoms with Crippen molar-refractivity contribution < 1.29 is 14.8 Å². The molecule has 0 spiro atoms. The average Bonchev–Trinajstić information content (AvgIpc) is 3.50. The second-order valence-electron chi connectivity index (χ2n) is 10.1. The summed E-state index contributed by atoms with van der Waals surface area (Å²) in [5, 5.41) is 0. The van der Waals surface area contributed by atoms with Crippen molar-refractivity contribution in [2.45, 2.75) is 86.5 Å². The number of halogens is 2. The minimum absolute atomic E-state index is 0.00662. The maximum absolute atomic E-state index is 8.27. The topological polar surface area (TPSA) is 0 Å². The Balaban J connectivity index is 2.00. The number of allylic oxidation sites excluding steroid dienone is 2. The second-order valence-corrected chi connectivity index (χ2v) is 60.3. The first-order valence-electron chi connectivity index (χ1n) is 13.4. The Morgan fingerprint density at radius 3 is 1.47 bits per heavy atom. The van der Waals surface area contributed by atoms with Crippen LogP contribution in [0.2, 0.25) is 6.04 Å². The third kappa shape index (κ3) is 4.33. The van der Waals surface area contributed by atoms with Crippen LogP contribution in [-0.4, -0.2) is 6.22 Å². The summed E-state index contributed by atoms with van der Waals surface area (Å²) in [4.78, 5) is 0. The summed E-state index contributed by atoms with van der Waals surface area (Å²) >= 11 is -4.59. The molecule has 0 amide bonds. The van der Waals surface area contributed by atoms with Gasteiger partial charge in [0.2, 0.25) is 0 Å². The molecule has 34 heavy (non-hydrogen) atoms. The summed E-state index contributed by atoms with van der Waals surface area (Å²) in [6.45, 7) is 11.4. The summed E-state index contributed by atoms with van der Waals surface area (Å²) < 4.78 is 0.443. The van der Waals surface area contributed by atoms with Gasteiger partial charge in [0.15, 0.2) is 0 Å². The van der Waals surface area contributed by atoms with Crippen molar-refractivity contribution in [1.29, 1.82) is 0 Å². The normalized spacial score (nSPS) is 18.9.